The molecular weight excluding hydrogens is 520 g/mol. The van der Waals surface area contributed by atoms with Crippen LogP contribution in [-0.4, -0.2) is 88.6 Å². The lowest BCUT2D eigenvalue weighted by Crippen LogP contribution is -2.66. The highest BCUT2D eigenvalue weighted by Gasteiger charge is 2.52. The van der Waals surface area contributed by atoms with E-state index in [1.54, 1.807) is 21.9 Å². The maximum absolute atomic E-state index is 14.0. The number of fused-ring (bicyclic) bond motifs is 2. The summed E-state index contributed by atoms with van der Waals surface area (Å²) in [7, 11) is 3.04. The summed E-state index contributed by atoms with van der Waals surface area (Å²) in [4.78, 5) is 47.7. The number of carbonyl (C=O) groups excluding carboxylic acids is 3. The molecule has 0 bridgehead atoms. The van der Waals surface area contributed by atoms with Crippen molar-refractivity contribution < 1.29 is 19.1 Å². The van der Waals surface area contributed by atoms with Gasteiger partial charge in [-0.05, 0) is 29.3 Å². The molecule has 2 aromatic carbocycles. The van der Waals surface area contributed by atoms with E-state index >= 15 is 0 Å². The normalized spacial score (nSPS) is 19.2. The van der Waals surface area contributed by atoms with Crippen molar-refractivity contribution in [3.05, 3.63) is 53.6 Å². The van der Waals surface area contributed by atoms with E-state index in [0.717, 1.165) is 21.3 Å². The third kappa shape index (κ3) is 4.91. The molecule has 4 amide bonds. The average molecular weight is 549 g/mol. The van der Waals surface area contributed by atoms with Crippen LogP contribution in [0.15, 0.2) is 42.5 Å². The van der Waals surface area contributed by atoms with Gasteiger partial charge in [-0.1, -0.05) is 35.6 Å². The minimum atomic E-state index is -0.803. The Balaban J connectivity index is 1.52. The quantitative estimate of drug-likeness (QED) is 0.421. The van der Waals surface area contributed by atoms with Crippen molar-refractivity contribution in [1.82, 2.24) is 30.1 Å². The first-order chi connectivity index (χ1) is 18.8. The van der Waals surface area contributed by atoms with E-state index in [0.29, 0.717) is 10.9 Å². The van der Waals surface area contributed by atoms with Gasteiger partial charge in [0.15, 0.2) is 5.13 Å². The van der Waals surface area contributed by atoms with Crippen LogP contribution >= 0.6 is 11.3 Å². The molecule has 2 aliphatic heterocycles. The SMILES string of the molecule is CNC(=O)N(CC#N)N1CC(=O)N2[C@@H](Cc3ccc(OC)cc3)C(=O)N(Cc3cccc4sc(N)nc34)C[C@@H]21. The molecule has 2 atom stereocenters. The lowest BCUT2D eigenvalue weighted by Gasteiger charge is -2.46. The number of nitrogen functional groups attached to an aromatic ring is 1. The Morgan fingerprint density at radius 1 is 1.28 bits per heavy atom. The number of ether oxygens (including phenoxy) is 1. The van der Waals surface area contributed by atoms with Gasteiger partial charge in [-0.3, -0.25) is 9.59 Å². The van der Waals surface area contributed by atoms with Gasteiger partial charge >= 0.3 is 6.03 Å². The lowest BCUT2D eigenvalue weighted by molar-refractivity contribution is -0.157. The minimum absolute atomic E-state index is 0.127. The minimum Gasteiger partial charge on any atom is -0.497 e. The number of rotatable bonds is 7. The molecule has 5 rings (SSSR count). The molecule has 2 saturated heterocycles. The van der Waals surface area contributed by atoms with Crippen molar-refractivity contribution in [3.63, 3.8) is 0 Å². The topological polar surface area (TPSA) is 148 Å². The number of nitrogens with two attached hydrogens (primary N) is 1. The van der Waals surface area contributed by atoms with Crippen LogP contribution in [-0.2, 0) is 22.6 Å². The van der Waals surface area contributed by atoms with Gasteiger partial charge < -0.3 is 25.6 Å². The largest absolute Gasteiger partial charge is 0.497 e. The number of benzene rings is 2. The molecule has 0 radical (unpaired) electrons. The number of aromatic nitrogens is 1. The first kappa shape index (κ1) is 26.2. The second-order valence-corrected chi connectivity index (χ2v) is 10.3. The zero-order chi connectivity index (χ0) is 27.7. The maximum Gasteiger partial charge on any atom is 0.332 e. The number of nitrogens with zero attached hydrogens (tertiary/aromatic N) is 6. The molecule has 3 N–H and O–H groups in total. The second kappa shape index (κ2) is 10.8. The number of methoxy groups -OCH3 is 1. The van der Waals surface area contributed by atoms with Crippen molar-refractivity contribution in [2.45, 2.75) is 25.2 Å². The van der Waals surface area contributed by atoms with Gasteiger partial charge in [0.05, 0.1) is 36.5 Å². The number of para-hydroxylation sites is 1. The molecule has 13 heteroatoms. The number of thiazole rings is 1. The fraction of sp³-hybridized carbons (Fsp3) is 0.346. The molecular formula is C26H28N8O4S. The summed E-state index contributed by atoms with van der Waals surface area (Å²) in [6, 6.07) is 13.8. The molecule has 0 spiro atoms. The fourth-order valence-corrected chi connectivity index (χ4v) is 5.99. The number of nitriles is 1. The highest BCUT2D eigenvalue weighted by atomic mass is 32.1. The number of amides is 4. The van der Waals surface area contributed by atoms with Crippen LogP contribution in [0.1, 0.15) is 11.1 Å². The Kier molecular flexibility index (Phi) is 7.23. The predicted octanol–water partition coefficient (Wildman–Crippen LogP) is 1.39. The second-order valence-electron chi connectivity index (χ2n) is 9.25. The lowest BCUT2D eigenvalue weighted by atomic mass is 9.99. The zero-order valence-electron chi connectivity index (χ0n) is 21.5. The Hall–Kier alpha value is -4.41. The number of hydrogen-bond acceptors (Lipinski definition) is 9. The third-order valence-electron chi connectivity index (χ3n) is 7.01. The standard InChI is InChI=1S/C26H28N8O4S/c1-29-26(37)32(11-10-27)33-15-22(35)34-19(12-16-6-8-18(38-2)9-7-16)24(36)31(14-21(33)34)13-17-4-3-5-20-23(17)30-25(28)39-20/h3-9,19,21H,11-15H2,1-2H3,(H2,28,30)(H,29,37)/t19-,21+/m0/s1. The van der Waals surface area contributed by atoms with Gasteiger partial charge in [0.25, 0.3) is 0 Å². The maximum atomic E-state index is 14.0. The van der Waals surface area contributed by atoms with Crippen LogP contribution in [0.2, 0.25) is 0 Å². The van der Waals surface area contributed by atoms with Crippen molar-refractivity contribution in [3.8, 4) is 11.8 Å². The Morgan fingerprint density at radius 2 is 2.05 bits per heavy atom. The number of nitrogens with one attached hydrogen (secondary N) is 1. The smallest absolute Gasteiger partial charge is 0.332 e. The zero-order valence-corrected chi connectivity index (χ0v) is 22.4. The monoisotopic (exact) mass is 548 g/mol. The average Bonchev–Trinajstić information content (AvgIpc) is 3.48. The first-order valence-electron chi connectivity index (χ1n) is 12.3. The highest BCUT2D eigenvalue weighted by Crippen LogP contribution is 2.32. The third-order valence-corrected chi connectivity index (χ3v) is 7.86. The van der Waals surface area contributed by atoms with Crippen LogP contribution in [0.25, 0.3) is 10.2 Å². The molecule has 39 heavy (non-hydrogen) atoms. The van der Waals surface area contributed by atoms with E-state index in [-0.39, 0.29) is 44.4 Å². The number of urea groups is 1. The van der Waals surface area contributed by atoms with E-state index < -0.39 is 18.2 Å². The molecule has 0 unspecified atom stereocenters. The first-order valence-corrected chi connectivity index (χ1v) is 13.2. The number of anilines is 1. The summed E-state index contributed by atoms with van der Waals surface area (Å²) in [6.45, 7) is 0.0334. The fourth-order valence-electron chi connectivity index (χ4n) is 5.21. The Bertz CT molecular complexity index is 1450. The summed E-state index contributed by atoms with van der Waals surface area (Å²) >= 11 is 1.38. The Labute approximate surface area is 229 Å². The van der Waals surface area contributed by atoms with Gasteiger partial charge in [0.1, 0.15) is 24.5 Å². The van der Waals surface area contributed by atoms with Gasteiger partial charge in [-0.25, -0.2) is 14.8 Å². The number of hydrazine groups is 1. The van der Waals surface area contributed by atoms with E-state index in [1.165, 1.54) is 23.4 Å². The summed E-state index contributed by atoms with van der Waals surface area (Å²) in [5, 5.41) is 15.2. The molecule has 2 aliphatic rings. The van der Waals surface area contributed by atoms with Crippen LogP contribution in [0.3, 0.4) is 0 Å². The van der Waals surface area contributed by atoms with Crippen molar-refractivity contribution in [1.29, 1.82) is 5.26 Å². The van der Waals surface area contributed by atoms with Gasteiger partial charge in [-0.2, -0.15) is 10.3 Å². The van der Waals surface area contributed by atoms with Crippen molar-refractivity contribution in [2.75, 3.05) is 39.5 Å². The van der Waals surface area contributed by atoms with Crippen LogP contribution < -0.4 is 15.8 Å². The summed E-state index contributed by atoms with van der Waals surface area (Å²) < 4.78 is 6.17. The van der Waals surface area contributed by atoms with Crippen LogP contribution in [0.5, 0.6) is 5.75 Å². The van der Waals surface area contributed by atoms with E-state index in [2.05, 4.69) is 10.3 Å². The van der Waals surface area contributed by atoms with Crippen molar-refractivity contribution in [2.24, 2.45) is 0 Å². The van der Waals surface area contributed by atoms with E-state index in [1.807, 2.05) is 48.5 Å². The van der Waals surface area contributed by atoms with Gasteiger partial charge in [0.2, 0.25) is 11.8 Å². The van der Waals surface area contributed by atoms with E-state index in [4.69, 9.17) is 10.5 Å². The van der Waals surface area contributed by atoms with E-state index in [9.17, 15) is 19.6 Å². The van der Waals surface area contributed by atoms with Crippen LogP contribution in [0, 0.1) is 11.3 Å². The molecule has 3 aromatic rings. The molecule has 202 valence electrons. The molecule has 1 aromatic heterocycles. The molecule has 12 nitrogen and oxygen atoms in total. The number of carbonyl (C=O) groups is 3. The number of piperazine rings is 1. The van der Waals surface area contributed by atoms with Gasteiger partial charge in [-0.15, -0.1) is 0 Å². The summed E-state index contributed by atoms with van der Waals surface area (Å²) in [6.07, 6.45) is -0.356. The van der Waals surface area contributed by atoms with Crippen molar-refractivity contribution >= 4 is 44.5 Å². The summed E-state index contributed by atoms with van der Waals surface area (Å²) in [5.74, 6) is 0.196. The molecule has 2 fully saturated rings. The molecule has 0 aliphatic carbocycles. The Morgan fingerprint density at radius 3 is 2.74 bits per heavy atom. The molecule has 3 heterocycles. The summed E-state index contributed by atoms with van der Waals surface area (Å²) in [5.41, 5.74) is 8.38. The molecule has 0 saturated carbocycles. The van der Waals surface area contributed by atoms with Crippen LogP contribution in [0.4, 0.5) is 9.93 Å². The predicted molar refractivity (Wildman–Crippen MR) is 144 cm³/mol. The number of hydrogen-bond donors (Lipinski definition) is 2. The highest BCUT2D eigenvalue weighted by molar-refractivity contribution is 7.22. The van der Waals surface area contributed by atoms with Gasteiger partial charge in [0, 0.05) is 20.0 Å².